The fraction of sp³-hybridized carbons (Fsp3) is 0.909. The Morgan fingerprint density at radius 1 is 1.29 bits per heavy atom. The predicted molar refractivity (Wildman–Crippen MR) is 67.7 cm³/mol. The van der Waals surface area contributed by atoms with Crippen molar-refractivity contribution in [1.29, 1.82) is 0 Å². The maximum atomic E-state index is 11.6. The van der Waals surface area contributed by atoms with Gasteiger partial charge in [-0.15, -0.1) is 0 Å². The van der Waals surface area contributed by atoms with Gasteiger partial charge in [0.1, 0.15) is 11.4 Å². The number of carbonyl (C=O) groups excluding carboxylic acids is 1. The molecule has 102 valence electrons. The summed E-state index contributed by atoms with van der Waals surface area (Å²) in [4.78, 5) is 11.3. The molecule has 5 nitrogen and oxygen atoms in total. The van der Waals surface area contributed by atoms with E-state index in [-0.39, 0.29) is 5.75 Å². The molecule has 0 fully saturated rings. The zero-order valence-electron chi connectivity index (χ0n) is 11.1. The molecule has 17 heavy (non-hydrogen) atoms. The van der Waals surface area contributed by atoms with Crippen LogP contribution in [0, 0.1) is 0 Å². The summed E-state index contributed by atoms with van der Waals surface area (Å²) >= 11 is 0. The van der Waals surface area contributed by atoms with Crippen LogP contribution in [-0.4, -0.2) is 44.6 Å². The first kappa shape index (κ1) is 16.4. The van der Waals surface area contributed by atoms with E-state index in [1.54, 1.807) is 20.8 Å². The Kier molecular flexibility index (Phi) is 6.70. The zero-order chi connectivity index (χ0) is 13.5. The van der Waals surface area contributed by atoms with E-state index in [0.29, 0.717) is 13.0 Å². The summed E-state index contributed by atoms with van der Waals surface area (Å²) in [6.07, 6.45) is 0.513. The Labute approximate surface area is 104 Å². The SMILES string of the molecule is CCNCCCS(=O)(=O)CC(=O)OC(C)(C)C. The molecule has 0 heterocycles. The average Bonchev–Trinajstić information content (AvgIpc) is 2.08. The molecule has 0 saturated carbocycles. The molecule has 0 aliphatic heterocycles. The van der Waals surface area contributed by atoms with E-state index in [9.17, 15) is 13.2 Å². The monoisotopic (exact) mass is 265 g/mol. The van der Waals surface area contributed by atoms with Crippen molar-refractivity contribution in [2.24, 2.45) is 0 Å². The summed E-state index contributed by atoms with van der Waals surface area (Å²) in [6, 6.07) is 0. The Morgan fingerprint density at radius 3 is 2.35 bits per heavy atom. The van der Waals surface area contributed by atoms with Gasteiger partial charge in [0.2, 0.25) is 0 Å². The molecule has 0 atom stereocenters. The summed E-state index contributed by atoms with van der Waals surface area (Å²) in [5, 5.41) is 3.03. The van der Waals surface area contributed by atoms with Crippen LogP contribution in [0.2, 0.25) is 0 Å². The van der Waals surface area contributed by atoms with Gasteiger partial charge in [-0.3, -0.25) is 4.79 Å². The molecular weight excluding hydrogens is 242 g/mol. The summed E-state index contributed by atoms with van der Waals surface area (Å²) in [5.74, 6) is -1.20. The van der Waals surface area contributed by atoms with E-state index >= 15 is 0 Å². The fourth-order valence-corrected chi connectivity index (χ4v) is 2.36. The largest absolute Gasteiger partial charge is 0.459 e. The van der Waals surface area contributed by atoms with E-state index in [1.165, 1.54) is 0 Å². The minimum Gasteiger partial charge on any atom is -0.459 e. The van der Waals surface area contributed by atoms with Crippen LogP contribution in [-0.2, 0) is 19.4 Å². The second-order valence-electron chi connectivity index (χ2n) is 4.89. The smallest absolute Gasteiger partial charge is 0.321 e. The standard InChI is InChI=1S/C11H23NO4S/c1-5-12-7-6-8-17(14,15)9-10(13)16-11(2,3)4/h12H,5-9H2,1-4H3. The van der Waals surface area contributed by atoms with Crippen molar-refractivity contribution < 1.29 is 17.9 Å². The first-order chi connectivity index (χ1) is 7.66. The predicted octanol–water partition coefficient (Wildman–Crippen LogP) is 0.743. The Morgan fingerprint density at radius 2 is 1.88 bits per heavy atom. The van der Waals surface area contributed by atoms with Crippen LogP contribution in [0.15, 0.2) is 0 Å². The van der Waals surface area contributed by atoms with Gasteiger partial charge >= 0.3 is 5.97 Å². The third-order valence-electron chi connectivity index (χ3n) is 1.82. The lowest BCUT2D eigenvalue weighted by Crippen LogP contribution is -2.30. The molecule has 0 spiro atoms. The van der Waals surface area contributed by atoms with Gasteiger partial charge in [0.15, 0.2) is 9.84 Å². The molecule has 0 aromatic rings. The summed E-state index contributed by atoms with van der Waals surface area (Å²) in [5.41, 5.74) is -0.642. The molecule has 0 aliphatic carbocycles. The van der Waals surface area contributed by atoms with Gasteiger partial charge in [0, 0.05) is 0 Å². The number of nitrogens with one attached hydrogen (secondary N) is 1. The second kappa shape index (κ2) is 6.96. The third-order valence-corrected chi connectivity index (χ3v) is 3.40. The van der Waals surface area contributed by atoms with E-state index in [4.69, 9.17) is 4.74 Å². The molecule has 0 rings (SSSR count). The summed E-state index contributed by atoms with van der Waals surface area (Å²) in [7, 11) is -3.35. The fourth-order valence-electron chi connectivity index (χ4n) is 1.22. The van der Waals surface area contributed by atoms with Crippen molar-refractivity contribution in [3.8, 4) is 0 Å². The van der Waals surface area contributed by atoms with Gasteiger partial charge in [-0.2, -0.15) is 0 Å². The van der Waals surface area contributed by atoms with Crippen LogP contribution < -0.4 is 5.32 Å². The van der Waals surface area contributed by atoms with Gasteiger partial charge < -0.3 is 10.1 Å². The third kappa shape index (κ3) is 10.3. The van der Waals surface area contributed by atoms with Crippen LogP contribution in [0.4, 0.5) is 0 Å². The Hall–Kier alpha value is -0.620. The lowest BCUT2D eigenvalue weighted by atomic mass is 10.2. The van der Waals surface area contributed by atoms with Crippen molar-refractivity contribution in [3.05, 3.63) is 0 Å². The van der Waals surface area contributed by atoms with Gasteiger partial charge in [-0.25, -0.2) is 8.42 Å². The minimum absolute atomic E-state index is 0.0131. The molecule has 6 heteroatoms. The maximum absolute atomic E-state index is 11.6. The number of hydrogen-bond donors (Lipinski definition) is 1. The average molecular weight is 265 g/mol. The minimum atomic E-state index is -3.35. The molecule has 0 aromatic carbocycles. The summed E-state index contributed by atoms with van der Waals surface area (Å²) in [6.45, 7) is 8.54. The molecule has 0 saturated heterocycles. The van der Waals surface area contributed by atoms with Crippen LogP contribution in [0.5, 0.6) is 0 Å². The van der Waals surface area contributed by atoms with E-state index in [2.05, 4.69) is 5.32 Å². The molecule has 0 unspecified atom stereocenters. The number of carbonyl (C=O) groups is 1. The number of sulfone groups is 1. The number of esters is 1. The number of ether oxygens (including phenoxy) is 1. The van der Waals surface area contributed by atoms with Crippen LogP contribution in [0.1, 0.15) is 34.1 Å². The highest BCUT2D eigenvalue weighted by molar-refractivity contribution is 7.92. The number of hydrogen-bond acceptors (Lipinski definition) is 5. The lowest BCUT2D eigenvalue weighted by Gasteiger charge is -2.19. The zero-order valence-corrected chi connectivity index (χ0v) is 11.9. The first-order valence-electron chi connectivity index (χ1n) is 5.79. The van der Waals surface area contributed by atoms with Crippen LogP contribution in [0.25, 0.3) is 0 Å². The molecule has 1 N–H and O–H groups in total. The molecule has 0 radical (unpaired) electrons. The van der Waals surface area contributed by atoms with Crippen molar-refractivity contribution in [2.75, 3.05) is 24.6 Å². The molecule has 0 aliphatic rings. The van der Waals surface area contributed by atoms with E-state index in [0.717, 1.165) is 6.54 Å². The normalized spacial score (nSPS) is 12.5. The highest BCUT2D eigenvalue weighted by atomic mass is 32.2. The van der Waals surface area contributed by atoms with Crippen LogP contribution >= 0.6 is 0 Å². The van der Waals surface area contributed by atoms with Crippen molar-refractivity contribution in [3.63, 3.8) is 0 Å². The molecule has 0 amide bonds. The highest BCUT2D eigenvalue weighted by Gasteiger charge is 2.22. The molecule has 0 aromatic heterocycles. The van der Waals surface area contributed by atoms with Crippen molar-refractivity contribution >= 4 is 15.8 Å². The van der Waals surface area contributed by atoms with Crippen LogP contribution in [0.3, 0.4) is 0 Å². The van der Waals surface area contributed by atoms with E-state index < -0.39 is 27.2 Å². The van der Waals surface area contributed by atoms with Crippen molar-refractivity contribution in [1.82, 2.24) is 5.32 Å². The Bertz CT molecular complexity index is 330. The molecule has 0 bridgehead atoms. The molecular formula is C11H23NO4S. The van der Waals surface area contributed by atoms with Gasteiger partial charge in [0.25, 0.3) is 0 Å². The Balaban J connectivity index is 4.04. The van der Waals surface area contributed by atoms with Gasteiger partial charge in [0.05, 0.1) is 5.75 Å². The van der Waals surface area contributed by atoms with Gasteiger partial charge in [-0.1, -0.05) is 6.92 Å². The first-order valence-corrected chi connectivity index (χ1v) is 7.61. The highest BCUT2D eigenvalue weighted by Crippen LogP contribution is 2.08. The van der Waals surface area contributed by atoms with Gasteiger partial charge in [-0.05, 0) is 40.3 Å². The topological polar surface area (TPSA) is 72.5 Å². The number of rotatable bonds is 7. The second-order valence-corrected chi connectivity index (χ2v) is 7.07. The van der Waals surface area contributed by atoms with E-state index in [1.807, 2.05) is 6.92 Å². The quantitative estimate of drug-likeness (QED) is 0.543. The lowest BCUT2D eigenvalue weighted by molar-refractivity contribution is -0.151. The van der Waals surface area contributed by atoms with Crippen molar-refractivity contribution in [2.45, 2.75) is 39.7 Å². The maximum Gasteiger partial charge on any atom is 0.321 e. The summed E-state index contributed by atoms with van der Waals surface area (Å²) < 4.78 is 28.1.